The van der Waals surface area contributed by atoms with Gasteiger partial charge in [-0.15, -0.1) is 29.9 Å². The molecule has 4 heterocycles. The molecule has 0 aliphatic carbocycles. The first-order valence-corrected chi connectivity index (χ1v) is 13.1. The standard InChI is InChI=1S/C29H31N5O3.2ClH/c1-3-36-29(35)27-26-18-37-28-21(6-4-9-25(28)34(26)32-31-27)14-17-33-15-12-20(13-16-33)22-7-5-8-24-23(22)11-10-19(2)30-24;;/h4-11,20H,3,12-18H2,1-2H3;2*1H. The Morgan fingerprint density at radius 1 is 1.08 bits per heavy atom. The fraction of sp³-hybridized carbons (Fsp3) is 0.379. The zero-order valence-electron chi connectivity index (χ0n) is 22.1. The molecule has 206 valence electrons. The fourth-order valence-corrected chi connectivity index (χ4v) is 5.61. The number of hydrogen-bond acceptors (Lipinski definition) is 7. The minimum Gasteiger partial charge on any atom is -0.485 e. The van der Waals surface area contributed by atoms with E-state index in [1.54, 1.807) is 11.6 Å². The van der Waals surface area contributed by atoms with Crippen LogP contribution < -0.4 is 4.74 Å². The number of para-hydroxylation sites is 1. The number of esters is 1. The lowest BCUT2D eigenvalue weighted by molar-refractivity contribution is 0.0516. The van der Waals surface area contributed by atoms with E-state index in [2.05, 4.69) is 51.6 Å². The van der Waals surface area contributed by atoms with Crippen LogP contribution in [-0.2, 0) is 17.8 Å². The summed E-state index contributed by atoms with van der Waals surface area (Å²) >= 11 is 0. The molecule has 8 nitrogen and oxygen atoms in total. The number of aromatic nitrogens is 4. The minimum atomic E-state index is -0.467. The molecule has 0 radical (unpaired) electrons. The highest BCUT2D eigenvalue weighted by Gasteiger charge is 2.29. The number of pyridine rings is 1. The van der Waals surface area contributed by atoms with Crippen LogP contribution in [0.2, 0.25) is 0 Å². The first-order valence-electron chi connectivity index (χ1n) is 13.1. The van der Waals surface area contributed by atoms with E-state index in [9.17, 15) is 4.79 Å². The van der Waals surface area contributed by atoms with Gasteiger partial charge in [-0.3, -0.25) is 4.98 Å². The molecule has 0 amide bonds. The topological polar surface area (TPSA) is 82.4 Å². The molecule has 1 saturated heterocycles. The normalized spacial score (nSPS) is 14.9. The lowest BCUT2D eigenvalue weighted by Crippen LogP contribution is -2.34. The van der Waals surface area contributed by atoms with Gasteiger partial charge in [-0.1, -0.05) is 35.5 Å². The van der Waals surface area contributed by atoms with E-state index in [1.807, 2.05) is 19.1 Å². The molecular weight excluding hydrogens is 537 g/mol. The molecule has 0 atom stereocenters. The van der Waals surface area contributed by atoms with E-state index in [4.69, 9.17) is 14.5 Å². The maximum absolute atomic E-state index is 12.2. The number of piperidine rings is 1. The SMILES string of the molecule is CCOC(=O)c1nnn2c1COc1c(CCN3CCC(c4cccc5nc(C)ccc45)CC3)cccc1-2.Cl.Cl. The van der Waals surface area contributed by atoms with Crippen LogP contribution in [0.15, 0.2) is 48.5 Å². The van der Waals surface area contributed by atoms with Crippen molar-refractivity contribution in [3.05, 3.63) is 76.7 Å². The first-order chi connectivity index (χ1) is 18.1. The highest BCUT2D eigenvalue weighted by Crippen LogP contribution is 2.35. The Kier molecular flexibility index (Phi) is 9.10. The summed E-state index contributed by atoms with van der Waals surface area (Å²) in [6.07, 6.45) is 3.19. The monoisotopic (exact) mass is 569 g/mol. The Labute approximate surface area is 240 Å². The van der Waals surface area contributed by atoms with E-state index in [0.29, 0.717) is 18.2 Å². The third kappa shape index (κ3) is 5.60. The van der Waals surface area contributed by atoms with Crippen molar-refractivity contribution in [3.8, 4) is 11.4 Å². The number of hydrogen-bond donors (Lipinski definition) is 0. The molecule has 6 rings (SSSR count). The predicted molar refractivity (Wildman–Crippen MR) is 155 cm³/mol. The number of rotatable bonds is 6. The molecule has 4 aromatic rings. The van der Waals surface area contributed by atoms with Crippen molar-refractivity contribution in [1.82, 2.24) is 24.9 Å². The molecule has 0 saturated carbocycles. The maximum atomic E-state index is 12.2. The van der Waals surface area contributed by atoms with Gasteiger partial charge in [-0.25, -0.2) is 9.48 Å². The third-order valence-electron chi connectivity index (χ3n) is 7.52. The molecule has 1 fully saturated rings. The van der Waals surface area contributed by atoms with Gasteiger partial charge in [0.05, 0.1) is 12.1 Å². The van der Waals surface area contributed by atoms with Gasteiger partial charge in [0.2, 0.25) is 0 Å². The Morgan fingerprint density at radius 3 is 2.67 bits per heavy atom. The van der Waals surface area contributed by atoms with Crippen LogP contribution in [0.1, 0.15) is 58.7 Å². The van der Waals surface area contributed by atoms with Crippen molar-refractivity contribution in [2.75, 3.05) is 26.2 Å². The lowest BCUT2D eigenvalue weighted by Gasteiger charge is -2.33. The number of fused-ring (bicyclic) bond motifs is 4. The molecule has 0 spiro atoms. The summed E-state index contributed by atoms with van der Waals surface area (Å²) in [5, 5.41) is 9.58. The van der Waals surface area contributed by atoms with Gasteiger partial charge in [0.25, 0.3) is 0 Å². The Bertz CT molecular complexity index is 1470. The number of benzene rings is 2. The average molecular weight is 571 g/mol. The van der Waals surface area contributed by atoms with Crippen LogP contribution >= 0.6 is 24.8 Å². The number of halogens is 2. The Hall–Kier alpha value is -3.20. The van der Waals surface area contributed by atoms with Gasteiger partial charge in [-0.05, 0) is 81.4 Å². The second-order valence-electron chi connectivity index (χ2n) is 9.80. The number of nitrogens with zero attached hydrogens (tertiary/aromatic N) is 5. The summed E-state index contributed by atoms with van der Waals surface area (Å²) in [5.41, 5.74) is 6.40. The zero-order valence-corrected chi connectivity index (χ0v) is 23.8. The average Bonchev–Trinajstić information content (AvgIpc) is 3.37. The molecule has 2 aliphatic heterocycles. The first kappa shape index (κ1) is 28.8. The zero-order chi connectivity index (χ0) is 25.4. The molecular formula is C29H33Cl2N5O3. The van der Waals surface area contributed by atoms with Crippen LogP contribution in [-0.4, -0.2) is 57.1 Å². The van der Waals surface area contributed by atoms with E-state index < -0.39 is 5.97 Å². The van der Waals surface area contributed by atoms with Crippen LogP contribution in [0.4, 0.5) is 0 Å². The molecule has 0 unspecified atom stereocenters. The smallest absolute Gasteiger partial charge is 0.360 e. The number of ether oxygens (including phenoxy) is 2. The minimum absolute atomic E-state index is 0. The Balaban J connectivity index is 0.00000176. The van der Waals surface area contributed by atoms with Crippen molar-refractivity contribution in [1.29, 1.82) is 0 Å². The highest BCUT2D eigenvalue weighted by atomic mass is 35.5. The second-order valence-corrected chi connectivity index (χ2v) is 9.80. The summed E-state index contributed by atoms with van der Waals surface area (Å²) in [4.78, 5) is 19.5. The largest absolute Gasteiger partial charge is 0.485 e. The summed E-state index contributed by atoms with van der Waals surface area (Å²) in [7, 11) is 0. The Morgan fingerprint density at radius 2 is 1.87 bits per heavy atom. The molecule has 2 aliphatic rings. The number of carbonyl (C=O) groups excluding carboxylic acids is 1. The molecule has 0 bridgehead atoms. The van der Waals surface area contributed by atoms with E-state index >= 15 is 0 Å². The van der Waals surface area contributed by atoms with Gasteiger partial charge in [0, 0.05) is 17.6 Å². The quantitative estimate of drug-likeness (QED) is 0.285. The van der Waals surface area contributed by atoms with Crippen LogP contribution in [0, 0.1) is 6.92 Å². The van der Waals surface area contributed by atoms with Gasteiger partial charge in [0.15, 0.2) is 5.69 Å². The predicted octanol–water partition coefficient (Wildman–Crippen LogP) is 5.46. The van der Waals surface area contributed by atoms with E-state index in [-0.39, 0.29) is 37.1 Å². The number of carbonyl (C=O) groups is 1. The van der Waals surface area contributed by atoms with Crippen molar-refractivity contribution in [2.45, 2.75) is 45.6 Å². The summed E-state index contributed by atoms with van der Waals surface area (Å²) in [6, 6.07) is 17.0. The molecule has 39 heavy (non-hydrogen) atoms. The molecule has 0 N–H and O–H groups in total. The summed E-state index contributed by atoms with van der Waals surface area (Å²) in [6.45, 7) is 7.49. The number of likely N-dealkylation sites (tertiary alicyclic amines) is 1. The number of aryl methyl sites for hydroxylation is 1. The van der Waals surface area contributed by atoms with Crippen molar-refractivity contribution in [3.63, 3.8) is 0 Å². The molecule has 10 heteroatoms. The molecule has 2 aromatic carbocycles. The van der Waals surface area contributed by atoms with Gasteiger partial charge in [-0.2, -0.15) is 0 Å². The summed E-state index contributed by atoms with van der Waals surface area (Å²) < 4.78 is 13.0. The van der Waals surface area contributed by atoms with Crippen LogP contribution in [0.5, 0.6) is 5.75 Å². The van der Waals surface area contributed by atoms with Crippen LogP contribution in [0.3, 0.4) is 0 Å². The van der Waals surface area contributed by atoms with E-state index in [1.165, 1.54) is 10.9 Å². The molecule has 2 aromatic heterocycles. The van der Waals surface area contributed by atoms with E-state index in [0.717, 1.165) is 67.1 Å². The van der Waals surface area contributed by atoms with Crippen LogP contribution in [0.25, 0.3) is 16.6 Å². The van der Waals surface area contributed by atoms with Crippen molar-refractivity contribution in [2.24, 2.45) is 0 Å². The van der Waals surface area contributed by atoms with Gasteiger partial charge < -0.3 is 14.4 Å². The lowest BCUT2D eigenvalue weighted by atomic mass is 9.87. The fourth-order valence-electron chi connectivity index (χ4n) is 5.61. The third-order valence-corrected chi connectivity index (χ3v) is 7.52. The second kappa shape index (κ2) is 12.3. The van der Waals surface area contributed by atoms with Gasteiger partial charge >= 0.3 is 5.97 Å². The summed E-state index contributed by atoms with van der Waals surface area (Å²) in [5.74, 6) is 0.922. The maximum Gasteiger partial charge on any atom is 0.360 e. The van der Waals surface area contributed by atoms with Crippen molar-refractivity contribution < 1.29 is 14.3 Å². The highest BCUT2D eigenvalue weighted by molar-refractivity contribution is 5.88. The van der Waals surface area contributed by atoms with Gasteiger partial charge in [0.1, 0.15) is 23.7 Å². The van der Waals surface area contributed by atoms with Crippen molar-refractivity contribution >= 4 is 41.7 Å².